The third kappa shape index (κ3) is 2.69. The first-order valence-electron chi connectivity index (χ1n) is 4.53. The fourth-order valence-corrected chi connectivity index (χ4v) is 1.55. The summed E-state index contributed by atoms with van der Waals surface area (Å²) in [7, 11) is 0. The summed E-state index contributed by atoms with van der Waals surface area (Å²) in [6.45, 7) is 0. The highest BCUT2D eigenvalue weighted by Crippen LogP contribution is 2.25. The summed E-state index contributed by atoms with van der Waals surface area (Å²) < 4.78 is 32.2. The van der Waals surface area contributed by atoms with Crippen molar-refractivity contribution >= 4 is 22.6 Å². The van der Waals surface area contributed by atoms with Gasteiger partial charge in [0, 0.05) is 9.64 Å². The zero-order valence-corrected chi connectivity index (χ0v) is 10.2. The summed E-state index contributed by atoms with van der Waals surface area (Å²) in [5.41, 5.74) is 0. The van der Waals surface area contributed by atoms with Crippen LogP contribution in [0.4, 0.5) is 8.78 Å². The number of hydrogen-bond donors (Lipinski definition) is 0. The Labute approximate surface area is 105 Å². The van der Waals surface area contributed by atoms with E-state index in [0.29, 0.717) is 5.75 Å². The van der Waals surface area contributed by atoms with Crippen molar-refractivity contribution in [3.05, 3.63) is 57.7 Å². The van der Waals surface area contributed by atoms with Crippen molar-refractivity contribution in [1.29, 1.82) is 0 Å². The maximum Gasteiger partial charge on any atom is 0.168 e. The number of halogens is 3. The molecule has 1 nitrogen and oxygen atoms in total. The first-order valence-corrected chi connectivity index (χ1v) is 5.61. The fourth-order valence-electron chi connectivity index (χ4n) is 1.19. The van der Waals surface area contributed by atoms with Gasteiger partial charge in [0.1, 0.15) is 11.6 Å². The molecule has 0 aliphatic heterocycles. The van der Waals surface area contributed by atoms with Crippen LogP contribution in [0.15, 0.2) is 42.5 Å². The minimum atomic E-state index is -0.710. The Balaban J connectivity index is 2.23. The minimum Gasteiger partial charge on any atom is -0.454 e. The van der Waals surface area contributed by atoms with Crippen molar-refractivity contribution in [3.8, 4) is 11.5 Å². The fraction of sp³-hybridized carbons (Fsp3) is 0. The molecule has 2 aromatic carbocycles. The Morgan fingerprint density at radius 2 is 1.62 bits per heavy atom. The summed E-state index contributed by atoms with van der Waals surface area (Å²) in [5, 5.41) is 0. The van der Waals surface area contributed by atoms with E-state index in [1.54, 1.807) is 12.1 Å². The molecular formula is C12H7F2IO. The zero-order chi connectivity index (χ0) is 11.5. The standard InChI is InChI=1S/C12H7F2IO/c13-8-1-6-12(11(14)7-8)16-10-4-2-9(15)3-5-10/h1-7H. The summed E-state index contributed by atoms with van der Waals surface area (Å²) in [5.74, 6) is -0.792. The summed E-state index contributed by atoms with van der Waals surface area (Å²) in [6.07, 6.45) is 0. The van der Waals surface area contributed by atoms with Crippen LogP contribution in [0.3, 0.4) is 0 Å². The molecule has 0 radical (unpaired) electrons. The molecular weight excluding hydrogens is 325 g/mol. The lowest BCUT2D eigenvalue weighted by Crippen LogP contribution is -1.89. The van der Waals surface area contributed by atoms with E-state index in [9.17, 15) is 8.78 Å². The number of hydrogen-bond acceptors (Lipinski definition) is 1. The van der Waals surface area contributed by atoms with Crippen LogP contribution in [-0.4, -0.2) is 0 Å². The van der Waals surface area contributed by atoms with Gasteiger partial charge >= 0.3 is 0 Å². The SMILES string of the molecule is Fc1ccc(Oc2ccc(I)cc2)c(F)c1. The van der Waals surface area contributed by atoms with E-state index < -0.39 is 11.6 Å². The van der Waals surface area contributed by atoms with Crippen LogP contribution >= 0.6 is 22.6 Å². The topological polar surface area (TPSA) is 9.23 Å². The van der Waals surface area contributed by atoms with Gasteiger partial charge in [-0.25, -0.2) is 8.78 Å². The van der Waals surface area contributed by atoms with E-state index in [1.165, 1.54) is 6.07 Å². The van der Waals surface area contributed by atoms with Gasteiger partial charge in [-0.2, -0.15) is 0 Å². The van der Waals surface area contributed by atoms with Crippen molar-refractivity contribution in [2.75, 3.05) is 0 Å². The van der Waals surface area contributed by atoms with Gasteiger partial charge in [-0.3, -0.25) is 0 Å². The first kappa shape index (κ1) is 11.3. The summed E-state index contributed by atoms with van der Waals surface area (Å²) >= 11 is 2.16. The molecule has 0 bridgehead atoms. The van der Waals surface area contributed by atoms with E-state index in [1.807, 2.05) is 12.1 Å². The molecule has 0 aliphatic rings. The van der Waals surface area contributed by atoms with Crippen LogP contribution in [0.5, 0.6) is 11.5 Å². The maximum atomic E-state index is 13.2. The van der Waals surface area contributed by atoms with Gasteiger partial charge in [-0.05, 0) is 59.0 Å². The molecule has 0 saturated carbocycles. The highest BCUT2D eigenvalue weighted by molar-refractivity contribution is 14.1. The van der Waals surface area contributed by atoms with E-state index in [0.717, 1.165) is 15.7 Å². The summed E-state index contributed by atoms with van der Waals surface area (Å²) in [4.78, 5) is 0. The molecule has 0 spiro atoms. The Kier molecular flexibility index (Phi) is 3.38. The van der Waals surface area contributed by atoms with Crippen LogP contribution < -0.4 is 4.74 Å². The average molecular weight is 332 g/mol. The lowest BCUT2D eigenvalue weighted by Gasteiger charge is -2.06. The average Bonchev–Trinajstić information content (AvgIpc) is 2.25. The largest absolute Gasteiger partial charge is 0.454 e. The van der Waals surface area contributed by atoms with Crippen molar-refractivity contribution in [3.63, 3.8) is 0 Å². The molecule has 0 atom stereocenters. The second kappa shape index (κ2) is 4.78. The van der Waals surface area contributed by atoms with Crippen LogP contribution in [0.1, 0.15) is 0 Å². The smallest absolute Gasteiger partial charge is 0.168 e. The first-order chi connectivity index (χ1) is 7.65. The molecule has 0 saturated heterocycles. The van der Waals surface area contributed by atoms with Crippen LogP contribution in [0.25, 0.3) is 0 Å². The van der Waals surface area contributed by atoms with Gasteiger partial charge in [-0.15, -0.1) is 0 Å². The molecule has 82 valence electrons. The van der Waals surface area contributed by atoms with Gasteiger partial charge in [0.25, 0.3) is 0 Å². The quantitative estimate of drug-likeness (QED) is 0.743. The third-order valence-corrected chi connectivity index (χ3v) is 2.65. The van der Waals surface area contributed by atoms with Gasteiger partial charge in [0.2, 0.25) is 0 Å². The van der Waals surface area contributed by atoms with Gasteiger partial charge in [0.05, 0.1) is 0 Å². The summed E-state index contributed by atoms with van der Waals surface area (Å²) in [6, 6.07) is 10.4. The molecule has 0 amide bonds. The van der Waals surface area contributed by atoms with Gasteiger partial charge < -0.3 is 4.74 Å². The molecule has 0 N–H and O–H groups in total. The minimum absolute atomic E-state index is 0.0163. The lowest BCUT2D eigenvalue weighted by atomic mass is 10.3. The molecule has 0 fully saturated rings. The normalized spacial score (nSPS) is 10.2. The van der Waals surface area contributed by atoms with Gasteiger partial charge in [-0.1, -0.05) is 0 Å². The van der Waals surface area contributed by atoms with Gasteiger partial charge in [0.15, 0.2) is 11.6 Å². The van der Waals surface area contributed by atoms with E-state index >= 15 is 0 Å². The predicted molar refractivity (Wildman–Crippen MR) is 65.6 cm³/mol. The Bertz CT molecular complexity index is 497. The maximum absolute atomic E-state index is 13.2. The molecule has 2 rings (SSSR count). The zero-order valence-electron chi connectivity index (χ0n) is 8.08. The van der Waals surface area contributed by atoms with Crippen molar-refractivity contribution in [2.24, 2.45) is 0 Å². The molecule has 16 heavy (non-hydrogen) atoms. The molecule has 0 heterocycles. The van der Waals surface area contributed by atoms with Crippen LogP contribution in [-0.2, 0) is 0 Å². The van der Waals surface area contributed by atoms with Crippen molar-refractivity contribution in [2.45, 2.75) is 0 Å². The number of benzene rings is 2. The Morgan fingerprint density at radius 3 is 2.25 bits per heavy atom. The van der Waals surface area contributed by atoms with E-state index in [2.05, 4.69) is 22.6 Å². The predicted octanol–water partition coefficient (Wildman–Crippen LogP) is 4.36. The number of ether oxygens (including phenoxy) is 1. The molecule has 0 unspecified atom stereocenters. The highest BCUT2D eigenvalue weighted by Gasteiger charge is 2.05. The second-order valence-electron chi connectivity index (χ2n) is 3.13. The van der Waals surface area contributed by atoms with Crippen molar-refractivity contribution < 1.29 is 13.5 Å². The molecule has 0 aromatic heterocycles. The van der Waals surface area contributed by atoms with E-state index in [4.69, 9.17) is 4.74 Å². The van der Waals surface area contributed by atoms with Crippen molar-refractivity contribution in [1.82, 2.24) is 0 Å². The second-order valence-corrected chi connectivity index (χ2v) is 4.38. The van der Waals surface area contributed by atoms with Crippen LogP contribution in [0.2, 0.25) is 0 Å². The Hall–Kier alpha value is -1.17. The number of rotatable bonds is 2. The Morgan fingerprint density at radius 1 is 0.938 bits per heavy atom. The third-order valence-electron chi connectivity index (χ3n) is 1.94. The lowest BCUT2D eigenvalue weighted by molar-refractivity contribution is 0.437. The molecule has 0 aliphatic carbocycles. The monoisotopic (exact) mass is 332 g/mol. The van der Waals surface area contributed by atoms with E-state index in [-0.39, 0.29) is 5.75 Å². The highest BCUT2D eigenvalue weighted by atomic mass is 127. The molecule has 2 aromatic rings. The molecule has 4 heteroatoms. The van der Waals surface area contributed by atoms with Crippen LogP contribution in [0, 0.1) is 15.2 Å².